The summed E-state index contributed by atoms with van der Waals surface area (Å²) in [6.45, 7) is 8.15. The Morgan fingerprint density at radius 1 is 1.28 bits per heavy atom. The van der Waals surface area contributed by atoms with E-state index < -0.39 is 4.92 Å². The molecule has 9 heteroatoms. The summed E-state index contributed by atoms with van der Waals surface area (Å²) in [5, 5.41) is 18.0. The Morgan fingerprint density at radius 3 is 2.59 bits per heavy atom. The number of carbonyl (C=O) groups excluding carboxylic acids is 1. The van der Waals surface area contributed by atoms with Gasteiger partial charge in [-0.15, -0.1) is 0 Å². The number of nitro groups is 1. The first kappa shape index (κ1) is 20.9. The second kappa shape index (κ2) is 9.62. The highest BCUT2D eigenvalue weighted by molar-refractivity contribution is 5.93. The largest absolute Gasteiger partial charge is 0.379 e. The first-order valence-corrected chi connectivity index (χ1v) is 9.83. The van der Waals surface area contributed by atoms with Crippen molar-refractivity contribution in [3.63, 3.8) is 0 Å². The van der Waals surface area contributed by atoms with E-state index in [9.17, 15) is 14.9 Å². The molecule has 3 rings (SSSR count). The van der Waals surface area contributed by atoms with E-state index >= 15 is 0 Å². The first-order valence-electron chi connectivity index (χ1n) is 9.83. The van der Waals surface area contributed by atoms with Crippen LogP contribution in [0.15, 0.2) is 36.7 Å². The van der Waals surface area contributed by atoms with Crippen LogP contribution in [-0.4, -0.2) is 64.4 Å². The van der Waals surface area contributed by atoms with Crippen LogP contribution < -0.4 is 5.32 Å². The lowest BCUT2D eigenvalue weighted by atomic mass is 10.0. The lowest BCUT2D eigenvalue weighted by Gasteiger charge is -2.35. The molecule has 156 valence electrons. The molecule has 1 N–H and O–H groups in total. The zero-order valence-corrected chi connectivity index (χ0v) is 16.8. The molecule has 29 heavy (non-hydrogen) atoms. The van der Waals surface area contributed by atoms with Gasteiger partial charge >= 0.3 is 0 Å². The Hall–Kier alpha value is -2.78. The van der Waals surface area contributed by atoms with E-state index in [1.165, 1.54) is 23.0 Å². The van der Waals surface area contributed by atoms with E-state index in [2.05, 4.69) is 29.2 Å². The lowest BCUT2D eigenvalue weighted by Crippen LogP contribution is -2.49. The van der Waals surface area contributed by atoms with Crippen LogP contribution in [0.25, 0.3) is 5.69 Å². The van der Waals surface area contributed by atoms with Crippen molar-refractivity contribution >= 4 is 11.6 Å². The SMILES string of the molecule is CC(C)CC(CNC(=O)c1cnn(-c2ccc([N+](=O)[O-])cc2)c1)N1CCOCC1. The predicted octanol–water partition coefficient (Wildman–Crippen LogP) is 2.26. The number of nitrogens with one attached hydrogen (secondary N) is 1. The van der Waals surface area contributed by atoms with Crippen LogP contribution in [0.4, 0.5) is 5.69 Å². The molecule has 1 aromatic heterocycles. The molecule has 1 atom stereocenters. The molecule has 1 aliphatic heterocycles. The number of hydrogen-bond acceptors (Lipinski definition) is 6. The molecular formula is C20H27N5O4. The summed E-state index contributed by atoms with van der Waals surface area (Å²) in [6.07, 6.45) is 4.13. The fourth-order valence-electron chi connectivity index (χ4n) is 3.47. The van der Waals surface area contributed by atoms with Crippen LogP contribution in [0.3, 0.4) is 0 Å². The molecule has 0 spiro atoms. The van der Waals surface area contributed by atoms with Gasteiger partial charge in [-0.25, -0.2) is 4.68 Å². The van der Waals surface area contributed by atoms with Gasteiger partial charge in [0.15, 0.2) is 0 Å². The summed E-state index contributed by atoms with van der Waals surface area (Å²) in [5.41, 5.74) is 1.12. The van der Waals surface area contributed by atoms with E-state index in [4.69, 9.17) is 4.74 Å². The molecule has 2 aromatic rings. The summed E-state index contributed by atoms with van der Waals surface area (Å²) >= 11 is 0. The van der Waals surface area contributed by atoms with Crippen molar-refractivity contribution in [2.75, 3.05) is 32.8 Å². The fraction of sp³-hybridized carbons (Fsp3) is 0.500. The van der Waals surface area contributed by atoms with Crippen molar-refractivity contribution in [3.8, 4) is 5.69 Å². The number of morpholine rings is 1. The van der Waals surface area contributed by atoms with Crippen LogP contribution in [0.2, 0.25) is 0 Å². The number of aromatic nitrogens is 2. The quantitative estimate of drug-likeness (QED) is 0.538. The van der Waals surface area contributed by atoms with Crippen molar-refractivity contribution in [2.45, 2.75) is 26.3 Å². The number of carbonyl (C=O) groups is 1. The molecule has 2 heterocycles. The molecule has 1 amide bonds. The van der Waals surface area contributed by atoms with E-state index in [0.29, 0.717) is 23.7 Å². The number of nitro benzene ring substituents is 1. The van der Waals surface area contributed by atoms with Gasteiger partial charge in [-0.1, -0.05) is 13.8 Å². The summed E-state index contributed by atoms with van der Waals surface area (Å²) in [7, 11) is 0. The first-order chi connectivity index (χ1) is 13.9. The minimum absolute atomic E-state index is 0.0122. The van der Waals surface area contributed by atoms with Gasteiger partial charge in [0.25, 0.3) is 11.6 Å². The Bertz CT molecular complexity index is 828. The van der Waals surface area contributed by atoms with Crippen molar-refractivity contribution in [1.82, 2.24) is 20.0 Å². The van der Waals surface area contributed by atoms with Gasteiger partial charge in [0.05, 0.1) is 35.6 Å². The number of hydrogen-bond donors (Lipinski definition) is 1. The standard InChI is InChI=1S/C20H27N5O4/c1-15(2)11-19(23-7-9-29-10-8-23)13-21-20(26)16-12-22-24(14-16)17-3-5-18(6-4-17)25(27)28/h3-6,12,14-15,19H,7-11,13H2,1-2H3,(H,21,26). The van der Waals surface area contributed by atoms with Gasteiger partial charge < -0.3 is 10.1 Å². The van der Waals surface area contributed by atoms with Crippen LogP contribution in [0, 0.1) is 16.0 Å². The summed E-state index contributed by atoms with van der Waals surface area (Å²) in [5.74, 6) is 0.352. The molecule has 1 aromatic carbocycles. The third kappa shape index (κ3) is 5.61. The molecule has 1 saturated heterocycles. The van der Waals surface area contributed by atoms with Gasteiger partial charge in [0.2, 0.25) is 0 Å². The Kier molecular flexibility index (Phi) is 6.95. The number of ether oxygens (including phenoxy) is 1. The summed E-state index contributed by atoms with van der Waals surface area (Å²) < 4.78 is 6.97. The Morgan fingerprint density at radius 2 is 1.97 bits per heavy atom. The highest BCUT2D eigenvalue weighted by Crippen LogP contribution is 2.16. The fourth-order valence-corrected chi connectivity index (χ4v) is 3.47. The van der Waals surface area contributed by atoms with Crippen LogP contribution in [0.1, 0.15) is 30.6 Å². The molecule has 1 fully saturated rings. The Labute approximate surface area is 169 Å². The monoisotopic (exact) mass is 401 g/mol. The van der Waals surface area contributed by atoms with Gasteiger partial charge in [0, 0.05) is 44.0 Å². The summed E-state index contributed by atoms with van der Waals surface area (Å²) in [6, 6.07) is 6.30. The minimum atomic E-state index is -0.451. The highest BCUT2D eigenvalue weighted by Gasteiger charge is 2.23. The molecular weight excluding hydrogens is 374 g/mol. The zero-order valence-electron chi connectivity index (χ0n) is 16.8. The van der Waals surface area contributed by atoms with Gasteiger partial charge in [-0.3, -0.25) is 19.8 Å². The van der Waals surface area contributed by atoms with Gasteiger partial charge in [0.1, 0.15) is 0 Å². The Balaban J connectivity index is 1.62. The van der Waals surface area contributed by atoms with Gasteiger partial charge in [-0.2, -0.15) is 5.10 Å². The molecule has 9 nitrogen and oxygen atoms in total. The van der Waals surface area contributed by atoms with Gasteiger partial charge in [-0.05, 0) is 24.5 Å². The topological polar surface area (TPSA) is 103 Å². The van der Waals surface area contributed by atoms with E-state index in [1.54, 1.807) is 18.3 Å². The van der Waals surface area contributed by atoms with Crippen molar-refractivity contribution in [2.24, 2.45) is 5.92 Å². The molecule has 0 radical (unpaired) electrons. The maximum absolute atomic E-state index is 12.6. The minimum Gasteiger partial charge on any atom is -0.379 e. The average molecular weight is 401 g/mol. The van der Waals surface area contributed by atoms with E-state index in [0.717, 1.165) is 32.7 Å². The molecule has 1 aliphatic rings. The number of benzene rings is 1. The molecule has 0 bridgehead atoms. The number of amides is 1. The van der Waals surface area contributed by atoms with Crippen molar-refractivity contribution < 1.29 is 14.5 Å². The van der Waals surface area contributed by atoms with Crippen LogP contribution in [0.5, 0.6) is 0 Å². The predicted molar refractivity (Wildman–Crippen MR) is 108 cm³/mol. The van der Waals surface area contributed by atoms with Crippen LogP contribution >= 0.6 is 0 Å². The zero-order chi connectivity index (χ0) is 20.8. The number of rotatable bonds is 8. The maximum Gasteiger partial charge on any atom is 0.269 e. The maximum atomic E-state index is 12.6. The van der Waals surface area contributed by atoms with Crippen LogP contribution in [-0.2, 0) is 4.74 Å². The second-order valence-electron chi connectivity index (χ2n) is 7.59. The van der Waals surface area contributed by atoms with E-state index in [1.807, 2.05) is 0 Å². The smallest absolute Gasteiger partial charge is 0.269 e. The van der Waals surface area contributed by atoms with E-state index in [-0.39, 0.29) is 17.6 Å². The lowest BCUT2D eigenvalue weighted by molar-refractivity contribution is -0.384. The number of non-ortho nitro benzene ring substituents is 1. The summed E-state index contributed by atoms with van der Waals surface area (Å²) in [4.78, 5) is 25.3. The molecule has 0 saturated carbocycles. The third-order valence-electron chi connectivity index (χ3n) is 4.97. The third-order valence-corrected chi connectivity index (χ3v) is 4.97. The average Bonchev–Trinajstić information content (AvgIpc) is 3.21. The highest BCUT2D eigenvalue weighted by atomic mass is 16.6. The molecule has 0 aliphatic carbocycles. The van der Waals surface area contributed by atoms with Crippen molar-refractivity contribution in [1.29, 1.82) is 0 Å². The van der Waals surface area contributed by atoms with Crippen molar-refractivity contribution in [3.05, 3.63) is 52.3 Å². The molecule has 1 unspecified atom stereocenters. The second-order valence-corrected chi connectivity index (χ2v) is 7.59. The number of nitrogens with zero attached hydrogens (tertiary/aromatic N) is 4. The normalized spacial score (nSPS) is 16.0.